The van der Waals surface area contributed by atoms with Crippen molar-refractivity contribution < 1.29 is 0 Å². The highest BCUT2D eigenvalue weighted by atomic mass is 15.1. The van der Waals surface area contributed by atoms with Crippen molar-refractivity contribution in [3.63, 3.8) is 0 Å². The van der Waals surface area contributed by atoms with Gasteiger partial charge < -0.3 is 10.3 Å². The van der Waals surface area contributed by atoms with E-state index in [2.05, 4.69) is 29.6 Å². The van der Waals surface area contributed by atoms with E-state index in [1.165, 1.54) is 25.7 Å². The van der Waals surface area contributed by atoms with E-state index < -0.39 is 0 Å². The molecule has 0 amide bonds. The van der Waals surface area contributed by atoms with Crippen molar-refractivity contribution in [3.8, 4) is 0 Å². The molecule has 0 spiro atoms. The first kappa shape index (κ1) is 14.2. The topological polar surface area (TPSA) is 43.8 Å². The average Bonchev–Trinajstić information content (AvgIpc) is 2.70. The van der Waals surface area contributed by atoms with E-state index in [1.54, 1.807) is 0 Å². The van der Waals surface area contributed by atoms with Gasteiger partial charge in [0.1, 0.15) is 5.82 Å². The summed E-state index contributed by atoms with van der Waals surface area (Å²) in [6.45, 7) is 7.67. The Hall–Kier alpha value is -0.830. The zero-order valence-electron chi connectivity index (χ0n) is 11.5. The number of aromatic nitrogens is 2. The average molecular weight is 237 g/mol. The second-order valence-corrected chi connectivity index (χ2v) is 5.09. The molecule has 2 N–H and O–H groups in total. The summed E-state index contributed by atoms with van der Waals surface area (Å²) in [5.74, 6) is 1.91. The molecular weight excluding hydrogens is 210 g/mol. The van der Waals surface area contributed by atoms with E-state index in [4.69, 9.17) is 5.73 Å². The Balaban J connectivity index is 2.56. The largest absolute Gasteiger partial charge is 0.335 e. The van der Waals surface area contributed by atoms with Crippen LogP contribution in [0.5, 0.6) is 0 Å². The fraction of sp³-hybridized carbons (Fsp3) is 0.786. The molecule has 1 rings (SSSR count). The van der Waals surface area contributed by atoms with Crippen molar-refractivity contribution in [2.24, 2.45) is 11.7 Å². The Labute approximate surface area is 105 Å². The molecule has 0 radical (unpaired) electrons. The maximum Gasteiger partial charge on any atom is 0.110 e. The summed E-state index contributed by atoms with van der Waals surface area (Å²) in [5.41, 5.74) is 5.84. The number of imidazole rings is 1. The second kappa shape index (κ2) is 7.49. The summed E-state index contributed by atoms with van der Waals surface area (Å²) in [7, 11) is 0. The number of rotatable bonds is 8. The van der Waals surface area contributed by atoms with E-state index in [0.717, 1.165) is 24.7 Å². The van der Waals surface area contributed by atoms with Gasteiger partial charge in [0.15, 0.2) is 0 Å². The Morgan fingerprint density at radius 2 is 2.18 bits per heavy atom. The standard InChI is InChI=1S/C14H27N3/c1-4-6-7-13(5-2)11-17-9-8-16-14(17)10-12(3)15/h8-9,12-13H,4-7,10-11,15H2,1-3H3. The molecule has 0 aliphatic carbocycles. The van der Waals surface area contributed by atoms with Crippen LogP contribution < -0.4 is 5.73 Å². The monoisotopic (exact) mass is 237 g/mol. The van der Waals surface area contributed by atoms with Crippen molar-refractivity contribution in [1.82, 2.24) is 9.55 Å². The van der Waals surface area contributed by atoms with Crippen LogP contribution in [-0.2, 0) is 13.0 Å². The molecule has 17 heavy (non-hydrogen) atoms. The summed E-state index contributed by atoms with van der Waals surface area (Å²) in [6.07, 6.45) is 10.0. The van der Waals surface area contributed by atoms with Gasteiger partial charge in [-0.2, -0.15) is 0 Å². The molecule has 2 unspecified atom stereocenters. The maximum atomic E-state index is 5.84. The quantitative estimate of drug-likeness (QED) is 0.755. The van der Waals surface area contributed by atoms with Gasteiger partial charge in [-0.3, -0.25) is 0 Å². The Morgan fingerprint density at radius 3 is 2.76 bits per heavy atom. The molecule has 3 heteroatoms. The van der Waals surface area contributed by atoms with Crippen LogP contribution in [-0.4, -0.2) is 15.6 Å². The first-order valence-corrected chi connectivity index (χ1v) is 6.92. The molecule has 0 aliphatic rings. The summed E-state index contributed by atoms with van der Waals surface area (Å²) >= 11 is 0. The number of hydrogen-bond donors (Lipinski definition) is 1. The molecule has 1 heterocycles. The van der Waals surface area contributed by atoms with E-state index in [1.807, 2.05) is 13.1 Å². The Morgan fingerprint density at radius 1 is 1.41 bits per heavy atom. The van der Waals surface area contributed by atoms with Crippen LogP contribution in [0.4, 0.5) is 0 Å². The van der Waals surface area contributed by atoms with Gasteiger partial charge in [0.05, 0.1) is 0 Å². The van der Waals surface area contributed by atoms with Gasteiger partial charge in [-0.1, -0.05) is 33.1 Å². The maximum absolute atomic E-state index is 5.84. The van der Waals surface area contributed by atoms with Gasteiger partial charge in [-0.05, 0) is 19.3 Å². The minimum atomic E-state index is 0.187. The number of unbranched alkanes of at least 4 members (excludes halogenated alkanes) is 1. The molecule has 0 saturated heterocycles. The van der Waals surface area contributed by atoms with Gasteiger partial charge in [-0.25, -0.2) is 4.98 Å². The lowest BCUT2D eigenvalue weighted by atomic mass is 9.99. The highest BCUT2D eigenvalue weighted by molar-refractivity contribution is 4.95. The first-order chi connectivity index (χ1) is 8.17. The molecule has 1 aromatic heterocycles. The highest BCUT2D eigenvalue weighted by Crippen LogP contribution is 2.16. The van der Waals surface area contributed by atoms with E-state index in [9.17, 15) is 0 Å². The van der Waals surface area contributed by atoms with Crippen molar-refractivity contribution in [2.45, 2.75) is 65.5 Å². The predicted molar refractivity (Wildman–Crippen MR) is 72.9 cm³/mol. The lowest BCUT2D eigenvalue weighted by molar-refractivity contribution is 0.383. The molecule has 2 atom stereocenters. The number of nitrogens with two attached hydrogens (primary N) is 1. The van der Waals surface area contributed by atoms with Gasteiger partial charge >= 0.3 is 0 Å². The number of nitrogens with zero attached hydrogens (tertiary/aromatic N) is 2. The van der Waals surface area contributed by atoms with Gasteiger partial charge in [-0.15, -0.1) is 0 Å². The van der Waals surface area contributed by atoms with Gasteiger partial charge in [0.25, 0.3) is 0 Å². The number of hydrogen-bond acceptors (Lipinski definition) is 2. The van der Waals surface area contributed by atoms with Crippen molar-refractivity contribution in [1.29, 1.82) is 0 Å². The third-order valence-electron chi connectivity index (χ3n) is 3.30. The second-order valence-electron chi connectivity index (χ2n) is 5.09. The van der Waals surface area contributed by atoms with E-state index >= 15 is 0 Å². The highest BCUT2D eigenvalue weighted by Gasteiger charge is 2.10. The van der Waals surface area contributed by atoms with Crippen molar-refractivity contribution in [2.75, 3.05) is 0 Å². The molecule has 0 saturated carbocycles. The minimum absolute atomic E-state index is 0.187. The zero-order valence-corrected chi connectivity index (χ0v) is 11.5. The van der Waals surface area contributed by atoms with Crippen LogP contribution in [0.15, 0.2) is 12.4 Å². The molecule has 98 valence electrons. The fourth-order valence-electron chi connectivity index (χ4n) is 2.18. The summed E-state index contributed by atoms with van der Waals surface area (Å²) in [5, 5.41) is 0. The fourth-order valence-corrected chi connectivity index (χ4v) is 2.18. The first-order valence-electron chi connectivity index (χ1n) is 6.92. The van der Waals surface area contributed by atoms with Crippen LogP contribution in [0.25, 0.3) is 0 Å². The van der Waals surface area contributed by atoms with Crippen LogP contribution in [0, 0.1) is 5.92 Å². The van der Waals surface area contributed by atoms with Crippen LogP contribution >= 0.6 is 0 Å². The van der Waals surface area contributed by atoms with Crippen molar-refractivity contribution in [3.05, 3.63) is 18.2 Å². The molecular formula is C14H27N3. The Kier molecular flexibility index (Phi) is 6.27. The van der Waals surface area contributed by atoms with E-state index in [-0.39, 0.29) is 6.04 Å². The molecule has 0 aliphatic heterocycles. The van der Waals surface area contributed by atoms with Gasteiger partial charge in [0, 0.05) is 31.4 Å². The molecule has 0 fully saturated rings. The summed E-state index contributed by atoms with van der Waals surface area (Å²) in [6, 6.07) is 0.187. The molecule has 3 nitrogen and oxygen atoms in total. The third kappa shape index (κ3) is 4.90. The van der Waals surface area contributed by atoms with Crippen LogP contribution in [0.2, 0.25) is 0 Å². The Bertz CT molecular complexity index is 304. The molecule has 0 aromatic carbocycles. The molecule has 1 aromatic rings. The predicted octanol–water partition coefficient (Wildman–Crippen LogP) is 2.99. The van der Waals surface area contributed by atoms with E-state index in [0.29, 0.717) is 0 Å². The summed E-state index contributed by atoms with van der Waals surface area (Å²) in [4.78, 5) is 4.41. The lowest BCUT2D eigenvalue weighted by Gasteiger charge is -2.17. The normalized spacial score (nSPS) is 14.8. The SMILES string of the molecule is CCCCC(CC)Cn1ccnc1CC(C)N. The van der Waals surface area contributed by atoms with Crippen LogP contribution in [0.3, 0.4) is 0 Å². The summed E-state index contributed by atoms with van der Waals surface area (Å²) < 4.78 is 2.28. The smallest absolute Gasteiger partial charge is 0.110 e. The molecule has 0 bridgehead atoms. The van der Waals surface area contributed by atoms with Crippen molar-refractivity contribution >= 4 is 0 Å². The minimum Gasteiger partial charge on any atom is -0.335 e. The third-order valence-corrected chi connectivity index (χ3v) is 3.30. The van der Waals surface area contributed by atoms with Crippen LogP contribution in [0.1, 0.15) is 52.3 Å². The zero-order chi connectivity index (χ0) is 12.7. The lowest BCUT2D eigenvalue weighted by Crippen LogP contribution is -2.21. The van der Waals surface area contributed by atoms with Gasteiger partial charge in [0.2, 0.25) is 0 Å².